The summed E-state index contributed by atoms with van der Waals surface area (Å²) in [7, 11) is 1.68. The van der Waals surface area contributed by atoms with E-state index in [-0.39, 0.29) is 29.1 Å². The average molecular weight is 264 g/mol. The van der Waals surface area contributed by atoms with Gasteiger partial charge in [0.25, 0.3) is 0 Å². The molecule has 3 aliphatic rings. The van der Waals surface area contributed by atoms with E-state index in [1.54, 1.807) is 7.11 Å². The highest BCUT2D eigenvalue weighted by molar-refractivity contribution is 5.84. The lowest BCUT2D eigenvalue weighted by Crippen LogP contribution is -2.68. The molecule has 0 aromatic heterocycles. The second-order valence-electron chi connectivity index (χ2n) is 6.74. The van der Waals surface area contributed by atoms with Crippen LogP contribution >= 0.6 is 0 Å². The van der Waals surface area contributed by atoms with Crippen LogP contribution < -0.4 is 0 Å². The molecule has 1 saturated carbocycles. The molecule has 1 aliphatic heterocycles. The second-order valence-corrected chi connectivity index (χ2v) is 6.74. The van der Waals surface area contributed by atoms with Gasteiger partial charge in [-0.15, -0.1) is 0 Å². The summed E-state index contributed by atoms with van der Waals surface area (Å²) in [5.74, 6) is 1.05. The Hall–Kier alpha value is -0.670. The quantitative estimate of drug-likeness (QED) is 0.683. The first-order valence-corrected chi connectivity index (χ1v) is 7.37. The van der Waals surface area contributed by atoms with Crippen molar-refractivity contribution in [2.45, 2.75) is 51.9 Å². The zero-order valence-corrected chi connectivity index (χ0v) is 12.3. The summed E-state index contributed by atoms with van der Waals surface area (Å²) in [6.45, 7) is 6.61. The molecule has 2 bridgehead atoms. The predicted octanol–water partition coefficient (Wildman–Crippen LogP) is 2.95. The highest BCUT2D eigenvalue weighted by atomic mass is 16.7. The summed E-state index contributed by atoms with van der Waals surface area (Å²) < 4.78 is 11.9. The topological polar surface area (TPSA) is 35.5 Å². The number of hydrogen-bond donors (Lipinski definition) is 0. The molecule has 6 atom stereocenters. The van der Waals surface area contributed by atoms with Crippen molar-refractivity contribution in [1.82, 2.24) is 0 Å². The summed E-state index contributed by atoms with van der Waals surface area (Å²) >= 11 is 0. The van der Waals surface area contributed by atoms with Crippen LogP contribution in [0.15, 0.2) is 12.2 Å². The van der Waals surface area contributed by atoms with E-state index in [0.29, 0.717) is 18.1 Å². The van der Waals surface area contributed by atoms with E-state index in [1.807, 2.05) is 0 Å². The Kier molecular flexibility index (Phi) is 2.92. The SMILES string of the molecule is CO[C@H]1O[C@]23C=CC[C@@H](C)[C@]2(C)[C@@H](C(=O)CC3)[C@H]1C. The third-order valence-corrected chi connectivity index (χ3v) is 6.06. The zero-order valence-electron chi connectivity index (χ0n) is 12.3. The standard InChI is InChI=1S/C16H24O3/c1-10-6-5-8-16-9-7-12(17)13(15(10,16)3)11(2)14(18-4)19-16/h5,8,10-11,13-14H,6-7,9H2,1-4H3/t10-,11-,13-,14+,15-,16+/m1/s1. The lowest BCUT2D eigenvalue weighted by Gasteiger charge is -2.64. The molecule has 3 heteroatoms. The van der Waals surface area contributed by atoms with Crippen molar-refractivity contribution in [2.24, 2.45) is 23.2 Å². The molecule has 2 fully saturated rings. The fourth-order valence-corrected chi connectivity index (χ4v) is 4.82. The van der Waals surface area contributed by atoms with E-state index in [4.69, 9.17) is 9.47 Å². The van der Waals surface area contributed by atoms with E-state index in [9.17, 15) is 4.79 Å². The fraction of sp³-hybridized carbons (Fsp3) is 0.812. The van der Waals surface area contributed by atoms with Gasteiger partial charge in [-0.25, -0.2) is 0 Å². The molecule has 19 heavy (non-hydrogen) atoms. The van der Waals surface area contributed by atoms with Crippen LogP contribution in [-0.2, 0) is 14.3 Å². The first-order valence-electron chi connectivity index (χ1n) is 7.37. The Morgan fingerprint density at radius 3 is 2.84 bits per heavy atom. The minimum atomic E-state index is -0.309. The van der Waals surface area contributed by atoms with Crippen LogP contribution in [0.5, 0.6) is 0 Å². The van der Waals surface area contributed by atoms with Crippen molar-refractivity contribution in [3.63, 3.8) is 0 Å². The third-order valence-electron chi connectivity index (χ3n) is 6.06. The Labute approximate surface area is 115 Å². The van der Waals surface area contributed by atoms with E-state index in [2.05, 4.69) is 32.9 Å². The summed E-state index contributed by atoms with van der Waals surface area (Å²) in [4.78, 5) is 12.5. The smallest absolute Gasteiger partial charge is 0.161 e. The van der Waals surface area contributed by atoms with Crippen LogP contribution in [0.1, 0.15) is 40.0 Å². The van der Waals surface area contributed by atoms with Gasteiger partial charge in [0.1, 0.15) is 5.78 Å². The number of carbonyl (C=O) groups excluding carboxylic acids is 1. The molecule has 3 nitrogen and oxygen atoms in total. The van der Waals surface area contributed by atoms with Crippen LogP contribution in [0.4, 0.5) is 0 Å². The van der Waals surface area contributed by atoms with Gasteiger partial charge in [-0.1, -0.05) is 32.9 Å². The molecule has 0 aromatic carbocycles. The molecule has 0 radical (unpaired) electrons. The van der Waals surface area contributed by atoms with Gasteiger partial charge in [-0.05, 0) is 18.8 Å². The van der Waals surface area contributed by atoms with Crippen LogP contribution in [0.2, 0.25) is 0 Å². The van der Waals surface area contributed by atoms with Crippen LogP contribution in [0, 0.1) is 23.2 Å². The highest BCUT2D eigenvalue weighted by Crippen LogP contribution is 2.62. The average Bonchev–Trinajstić information content (AvgIpc) is 2.37. The first-order chi connectivity index (χ1) is 8.96. The van der Waals surface area contributed by atoms with Crippen molar-refractivity contribution in [3.05, 3.63) is 12.2 Å². The van der Waals surface area contributed by atoms with Crippen molar-refractivity contribution in [3.8, 4) is 0 Å². The number of ketones is 1. The second kappa shape index (κ2) is 4.16. The van der Waals surface area contributed by atoms with Crippen molar-refractivity contribution < 1.29 is 14.3 Å². The van der Waals surface area contributed by atoms with Gasteiger partial charge in [0.05, 0.1) is 5.60 Å². The minimum absolute atomic E-state index is 0.0555. The maximum Gasteiger partial charge on any atom is 0.161 e. The van der Waals surface area contributed by atoms with Gasteiger partial charge in [0, 0.05) is 30.8 Å². The number of methoxy groups -OCH3 is 1. The molecule has 106 valence electrons. The van der Waals surface area contributed by atoms with Crippen LogP contribution in [0.3, 0.4) is 0 Å². The molecular weight excluding hydrogens is 240 g/mol. The van der Waals surface area contributed by atoms with Crippen LogP contribution in [0.25, 0.3) is 0 Å². The van der Waals surface area contributed by atoms with Crippen molar-refractivity contribution in [2.75, 3.05) is 7.11 Å². The fourth-order valence-electron chi connectivity index (χ4n) is 4.82. The number of Topliss-reactive ketones (excluding diaryl/α,β-unsaturated/α-hetero) is 1. The molecule has 0 spiro atoms. The maximum atomic E-state index is 12.5. The van der Waals surface area contributed by atoms with E-state index >= 15 is 0 Å². The molecule has 1 saturated heterocycles. The Bertz CT molecular complexity index is 430. The van der Waals surface area contributed by atoms with Gasteiger partial charge < -0.3 is 9.47 Å². The van der Waals surface area contributed by atoms with E-state index in [1.165, 1.54) is 0 Å². The van der Waals surface area contributed by atoms with Crippen LogP contribution in [-0.4, -0.2) is 24.8 Å². The lowest BCUT2D eigenvalue weighted by atomic mass is 9.47. The molecule has 1 heterocycles. The largest absolute Gasteiger partial charge is 0.356 e. The third kappa shape index (κ3) is 1.49. The Morgan fingerprint density at radius 2 is 2.16 bits per heavy atom. The maximum absolute atomic E-state index is 12.5. The number of rotatable bonds is 1. The van der Waals surface area contributed by atoms with E-state index < -0.39 is 0 Å². The zero-order chi connectivity index (χ0) is 13.8. The summed E-state index contributed by atoms with van der Waals surface area (Å²) in [5.41, 5.74) is -0.401. The van der Waals surface area contributed by atoms with Gasteiger partial charge in [-0.3, -0.25) is 4.79 Å². The highest BCUT2D eigenvalue weighted by Gasteiger charge is 2.66. The molecule has 3 rings (SSSR count). The summed E-state index contributed by atoms with van der Waals surface area (Å²) in [6, 6.07) is 0. The molecule has 2 aliphatic carbocycles. The molecule has 0 aromatic rings. The minimum Gasteiger partial charge on any atom is -0.356 e. The van der Waals surface area contributed by atoms with Gasteiger partial charge in [0.2, 0.25) is 0 Å². The summed E-state index contributed by atoms with van der Waals surface area (Å²) in [6.07, 6.45) is 6.64. The monoisotopic (exact) mass is 264 g/mol. The summed E-state index contributed by atoms with van der Waals surface area (Å²) in [5, 5.41) is 0. The Balaban J connectivity index is 2.15. The number of allylic oxidation sites excluding steroid dienone is 1. The molecular formula is C16H24O3. The van der Waals surface area contributed by atoms with Gasteiger partial charge in [0.15, 0.2) is 6.29 Å². The van der Waals surface area contributed by atoms with Gasteiger partial charge in [-0.2, -0.15) is 0 Å². The lowest BCUT2D eigenvalue weighted by molar-refractivity contribution is -0.313. The Morgan fingerprint density at radius 1 is 1.42 bits per heavy atom. The molecule has 0 amide bonds. The van der Waals surface area contributed by atoms with E-state index in [0.717, 1.165) is 12.8 Å². The predicted molar refractivity (Wildman–Crippen MR) is 72.5 cm³/mol. The normalized spacial score (nSPS) is 52.9. The number of ether oxygens (including phenoxy) is 2. The number of carbonyl (C=O) groups is 1. The van der Waals surface area contributed by atoms with Gasteiger partial charge >= 0.3 is 0 Å². The first kappa shape index (κ1) is 13.3. The molecule has 0 unspecified atom stereocenters. The number of hydrogen-bond acceptors (Lipinski definition) is 3. The molecule has 0 N–H and O–H groups in total. The van der Waals surface area contributed by atoms with Crippen molar-refractivity contribution >= 4 is 5.78 Å². The van der Waals surface area contributed by atoms with Crippen molar-refractivity contribution in [1.29, 1.82) is 0 Å².